The minimum Gasteiger partial charge on any atom is -0.451 e. The maximum Gasteiger partial charge on any atom is 0.290 e. The number of ether oxygens (including phenoxy) is 1. The summed E-state index contributed by atoms with van der Waals surface area (Å²) >= 11 is 0. The van der Waals surface area contributed by atoms with Gasteiger partial charge >= 0.3 is 0 Å². The molecule has 2 fully saturated rings. The van der Waals surface area contributed by atoms with Crippen LogP contribution in [-0.2, 0) is 11.8 Å². The fourth-order valence-electron chi connectivity index (χ4n) is 3.71. The van der Waals surface area contributed by atoms with Crippen molar-refractivity contribution in [3.05, 3.63) is 30.3 Å². The molecule has 4 rings (SSSR count). The average Bonchev–Trinajstić information content (AvgIpc) is 3.28. The van der Waals surface area contributed by atoms with Crippen LogP contribution in [0, 0.1) is 0 Å². The minimum atomic E-state index is -0.128. The summed E-state index contributed by atoms with van der Waals surface area (Å²) in [6, 6.07) is 3.61. The predicted octanol–water partition coefficient (Wildman–Crippen LogP) is 2.47. The number of nitrogens with zero attached hydrogens (tertiary/aromatic N) is 3. The smallest absolute Gasteiger partial charge is 0.290 e. The summed E-state index contributed by atoms with van der Waals surface area (Å²) in [4.78, 5) is 14.9. The van der Waals surface area contributed by atoms with Crippen molar-refractivity contribution in [2.45, 2.75) is 31.2 Å². The summed E-state index contributed by atoms with van der Waals surface area (Å²) in [5.41, 5.74) is 0.750. The van der Waals surface area contributed by atoms with Crippen molar-refractivity contribution in [3.8, 4) is 11.3 Å². The summed E-state index contributed by atoms with van der Waals surface area (Å²) in [7, 11) is 1.86. The van der Waals surface area contributed by atoms with E-state index < -0.39 is 0 Å². The highest BCUT2D eigenvalue weighted by Crippen LogP contribution is 2.36. The highest BCUT2D eigenvalue weighted by molar-refractivity contribution is 5.92. The topological polar surface area (TPSA) is 60.5 Å². The zero-order valence-corrected chi connectivity index (χ0v) is 13.3. The van der Waals surface area contributed by atoms with E-state index in [1.165, 1.54) is 0 Å². The number of aromatic nitrogens is 2. The van der Waals surface area contributed by atoms with Gasteiger partial charge in [-0.1, -0.05) is 0 Å². The van der Waals surface area contributed by atoms with E-state index in [-0.39, 0.29) is 11.4 Å². The van der Waals surface area contributed by atoms with Crippen molar-refractivity contribution < 1.29 is 13.9 Å². The van der Waals surface area contributed by atoms with E-state index in [1.807, 2.05) is 24.2 Å². The second-order valence-corrected chi connectivity index (χ2v) is 6.51. The van der Waals surface area contributed by atoms with Gasteiger partial charge in [0.25, 0.3) is 5.91 Å². The molecule has 1 atom stereocenters. The molecule has 0 N–H and O–H groups in total. The first-order valence-electron chi connectivity index (χ1n) is 8.17. The number of carbonyl (C=O) groups excluding carboxylic acids is 1. The summed E-state index contributed by atoms with van der Waals surface area (Å²) in [6.45, 7) is 2.17. The molecular weight excluding hydrogens is 294 g/mol. The molecule has 0 bridgehead atoms. The van der Waals surface area contributed by atoms with Crippen molar-refractivity contribution in [2.75, 3.05) is 19.8 Å². The molecule has 2 aliphatic heterocycles. The van der Waals surface area contributed by atoms with E-state index in [2.05, 4.69) is 5.10 Å². The van der Waals surface area contributed by atoms with Gasteiger partial charge in [-0.2, -0.15) is 5.10 Å². The number of hydrogen-bond acceptors (Lipinski definition) is 4. The van der Waals surface area contributed by atoms with Gasteiger partial charge in [0.15, 0.2) is 5.76 Å². The highest BCUT2D eigenvalue weighted by Gasteiger charge is 2.45. The molecule has 122 valence electrons. The molecule has 2 aromatic rings. The SMILES string of the molecule is Cn1cc(-c2ccc(C(=O)N3CCCCC34CCOC4)o2)cn1. The molecule has 23 heavy (non-hydrogen) atoms. The van der Waals surface area contributed by atoms with Gasteiger partial charge in [-0.15, -0.1) is 0 Å². The lowest BCUT2D eigenvalue weighted by Crippen LogP contribution is -2.55. The molecule has 1 amide bonds. The predicted molar refractivity (Wildman–Crippen MR) is 84.0 cm³/mol. The average molecular weight is 315 g/mol. The first-order chi connectivity index (χ1) is 11.2. The lowest BCUT2D eigenvalue weighted by atomic mass is 9.85. The monoisotopic (exact) mass is 315 g/mol. The molecule has 0 aromatic carbocycles. The van der Waals surface area contributed by atoms with Crippen LogP contribution in [0.2, 0.25) is 0 Å². The minimum absolute atomic E-state index is 0.0228. The zero-order chi connectivity index (χ0) is 15.9. The van der Waals surface area contributed by atoms with Crippen molar-refractivity contribution in [2.24, 2.45) is 7.05 Å². The first kappa shape index (κ1) is 14.5. The normalized spacial score (nSPS) is 24.5. The Kier molecular flexibility index (Phi) is 3.49. The van der Waals surface area contributed by atoms with Crippen molar-refractivity contribution in [3.63, 3.8) is 0 Å². The Bertz CT molecular complexity index is 712. The number of rotatable bonds is 2. The molecule has 2 aromatic heterocycles. The molecule has 6 nitrogen and oxygen atoms in total. The summed E-state index contributed by atoms with van der Waals surface area (Å²) in [5.74, 6) is 1.05. The summed E-state index contributed by atoms with van der Waals surface area (Å²) < 4.78 is 13.1. The van der Waals surface area contributed by atoms with Crippen LogP contribution in [0.4, 0.5) is 0 Å². The number of carbonyl (C=O) groups is 1. The van der Waals surface area contributed by atoms with Crippen LogP contribution in [0.3, 0.4) is 0 Å². The van der Waals surface area contributed by atoms with Crippen LogP contribution in [0.1, 0.15) is 36.2 Å². The maximum atomic E-state index is 13.0. The third-order valence-electron chi connectivity index (χ3n) is 4.98. The molecular formula is C17H21N3O3. The molecule has 1 unspecified atom stereocenters. The maximum absolute atomic E-state index is 13.0. The molecule has 2 aliphatic rings. The van der Waals surface area contributed by atoms with Gasteiger partial charge < -0.3 is 14.1 Å². The Hall–Kier alpha value is -2.08. The number of likely N-dealkylation sites (tertiary alicyclic amines) is 1. The Balaban J connectivity index is 1.60. The van der Waals surface area contributed by atoms with Crippen molar-refractivity contribution in [1.82, 2.24) is 14.7 Å². The van der Waals surface area contributed by atoms with Gasteiger partial charge in [-0.05, 0) is 37.8 Å². The van der Waals surface area contributed by atoms with E-state index in [1.54, 1.807) is 16.9 Å². The van der Waals surface area contributed by atoms with E-state index in [4.69, 9.17) is 9.15 Å². The molecule has 2 saturated heterocycles. The number of furan rings is 1. The van der Waals surface area contributed by atoms with Crippen LogP contribution < -0.4 is 0 Å². The number of aryl methyl sites for hydroxylation is 1. The van der Waals surface area contributed by atoms with Crippen LogP contribution >= 0.6 is 0 Å². The van der Waals surface area contributed by atoms with Gasteiger partial charge in [-0.3, -0.25) is 9.48 Å². The largest absolute Gasteiger partial charge is 0.451 e. The van der Waals surface area contributed by atoms with Gasteiger partial charge in [-0.25, -0.2) is 0 Å². The first-order valence-corrected chi connectivity index (χ1v) is 8.17. The van der Waals surface area contributed by atoms with Gasteiger partial charge in [0.05, 0.1) is 23.9 Å². The quantitative estimate of drug-likeness (QED) is 0.854. The fourth-order valence-corrected chi connectivity index (χ4v) is 3.71. The summed E-state index contributed by atoms with van der Waals surface area (Å²) in [5, 5.41) is 4.14. The second-order valence-electron chi connectivity index (χ2n) is 6.51. The molecule has 0 aliphatic carbocycles. The number of piperidine rings is 1. The van der Waals surface area contributed by atoms with Crippen LogP contribution in [0.15, 0.2) is 28.9 Å². The Labute approximate surface area is 135 Å². The van der Waals surface area contributed by atoms with Crippen molar-refractivity contribution in [1.29, 1.82) is 0 Å². The number of hydrogen-bond donors (Lipinski definition) is 0. The van der Waals surface area contributed by atoms with Crippen LogP contribution in [-0.4, -0.2) is 45.9 Å². The lowest BCUT2D eigenvalue weighted by Gasteiger charge is -2.43. The highest BCUT2D eigenvalue weighted by atomic mass is 16.5. The summed E-state index contributed by atoms with van der Waals surface area (Å²) in [6.07, 6.45) is 7.76. The third-order valence-corrected chi connectivity index (χ3v) is 4.98. The Morgan fingerprint density at radius 2 is 2.22 bits per heavy atom. The standard InChI is InChI=1S/C17H21N3O3/c1-19-11-13(10-18-19)14-4-5-15(23-14)16(21)20-8-3-2-6-17(20)7-9-22-12-17/h4-5,10-11H,2-3,6-9,12H2,1H3. The Morgan fingerprint density at radius 3 is 2.96 bits per heavy atom. The van der Waals surface area contributed by atoms with E-state index in [0.29, 0.717) is 18.1 Å². The van der Waals surface area contributed by atoms with Crippen LogP contribution in [0.25, 0.3) is 11.3 Å². The lowest BCUT2D eigenvalue weighted by molar-refractivity contribution is 0.0230. The van der Waals surface area contributed by atoms with Gasteiger partial charge in [0, 0.05) is 26.4 Å². The van der Waals surface area contributed by atoms with Gasteiger partial charge in [0.1, 0.15) is 5.76 Å². The molecule has 0 radical (unpaired) electrons. The fraction of sp³-hybridized carbons (Fsp3) is 0.529. The van der Waals surface area contributed by atoms with E-state index >= 15 is 0 Å². The molecule has 6 heteroatoms. The van der Waals surface area contributed by atoms with E-state index in [0.717, 1.165) is 44.4 Å². The molecule has 0 saturated carbocycles. The number of amides is 1. The van der Waals surface area contributed by atoms with Crippen LogP contribution in [0.5, 0.6) is 0 Å². The third kappa shape index (κ3) is 2.47. The molecule has 4 heterocycles. The second kappa shape index (κ2) is 5.53. The zero-order valence-electron chi connectivity index (χ0n) is 13.3. The van der Waals surface area contributed by atoms with Crippen molar-refractivity contribution >= 4 is 5.91 Å². The van der Waals surface area contributed by atoms with E-state index in [9.17, 15) is 4.79 Å². The van der Waals surface area contributed by atoms with Gasteiger partial charge in [0.2, 0.25) is 0 Å². The Morgan fingerprint density at radius 1 is 1.30 bits per heavy atom. The molecule has 1 spiro atoms.